The zero-order chi connectivity index (χ0) is 14.6. The minimum absolute atomic E-state index is 0.0595. The van der Waals surface area contributed by atoms with Crippen LogP contribution in [-0.2, 0) is 9.59 Å². The van der Waals surface area contributed by atoms with Crippen molar-refractivity contribution < 1.29 is 9.59 Å². The molecule has 0 aromatic carbocycles. The first-order valence-corrected chi connectivity index (χ1v) is 7.84. The molecule has 1 saturated carbocycles. The van der Waals surface area contributed by atoms with Crippen molar-refractivity contribution in [3.63, 3.8) is 0 Å². The molecule has 1 aliphatic heterocycles. The van der Waals surface area contributed by atoms with E-state index < -0.39 is 0 Å². The van der Waals surface area contributed by atoms with Crippen molar-refractivity contribution in [1.82, 2.24) is 10.2 Å². The van der Waals surface area contributed by atoms with Gasteiger partial charge in [-0.3, -0.25) is 9.59 Å². The Labute approximate surface area is 121 Å². The van der Waals surface area contributed by atoms with Gasteiger partial charge in [0.2, 0.25) is 11.8 Å². The predicted molar refractivity (Wildman–Crippen MR) is 77.9 cm³/mol. The molecule has 0 atom stereocenters. The number of amides is 2. The Bertz CT molecular complexity index is 356. The van der Waals surface area contributed by atoms with Gasteiger partial charge in [0.05, 0.1) is 5.41 Å². The topological polar surface area (TPSA) is 75.4 Å². The van der Waals surface area contributed by atoms with Crippen LogP contribution in [-0.4, -0.2) is 43.4 Å². The lowest BCUT2D eigenvalue weighted by atomic mass is 9.72. The van der Waals surface area contributed by atoms with E-state index in [9.17, 15) is 9.59 Å². The third-order valence-electron chi connectivity index (χ3n) is 5.05. The lowest BCUT2D eigenvalue weighted by Crippen LogP contribution is -2.52. The van der Waals surface area contributed by atoms with Gasteiger partial charge in [-0.2, -0.15) is 0 Å². The number of carbonyl (C=O) groups excluding carboxylic acids is 2. The smallest absolute Gasteiger partial charge is 0.230 e. The lowest BCUT2D eigenvalue weighted by molar-refractivity contribution is -0.146. The summed E-state index contributed by atoms with van der Waals surface area (Å²) < 4.78 is 0. The van der Waals surface area contributed by atoms with Crippen LogP contribution in [0, 0.1) is 11.3 Å². The molecule has 0 aromatic rings. The van der Waals surface area contributed by atoms with E-state index in [4.69, 9.17) is 5.73 Å². The third kappa shape index (κ3) is 2.97. The summed E-state index contributed by atoms with van der Waals surface area (Å²) in [6.07, 6.45) is 6.83. The Morgan fingerprint density at radius 1 is 1.20 bits per heavy atom. The van der Waals surface area contributed by atoms with Gasteiger partial charge < -0.3 is 16.0 Å². The summed E-state index contributed by atoms with van der Waals surface area (Å²) >= 11 is 0. The Kier molecular flexibility index (Phi) is 5.02. The maximum atomic E-state index is 12.8. The van der Waals surface area contributed by atoms with Gasteiger partial charge in [-0.15, -0.1) is 0 Å². The Balaban J connectivity index is 1.95. The SMILES string of the molecule is CNC(=O)C1CCN(C(=O)C2(CN)CCCCC2)CC1. The van der Waals surface area contributed by atoms with Crippen LogP contribution < -0.4 is 11.1 Å². The molecule has 0 bridgehead atoms. The number of piperidine rings is 1. The fourth-order valence-electron chi connectivity index (χ4n) is 3.62. The second-order valence-corrected chi connectivity index (χ2v) is 6.23. The molecule has 0 radical (unpaired) electrons. The van der Waals surface area contributed by atoms with Crippen LogP contribution in [0.5, 0.6) is 0 Å². The van der Waals surface area contributed by atoms with Crippen molar-refractivity contribution >= 4 is 11.8 Å². The second kappa shape index (κ2) is 6.57. The molecule has 1 aliphatic carbocycles. The van der Waals surface area contributed by atoms with Gasteiger partial charge in [-0.1, -0.05) is 19.3 Å². The summed E-state index contributed by atoms with van der Waals surface area (Å²) in [5.74, 6) is 0.391. The second-order valence-electron chi connectivity index (χ2n) is 6.23. The summed E-state index contributed by atoms with van der Waals surface area (Å²) in [5.41, 5.74) is 5.61. The zero-order valence-corrected chi connectivity index (χ0v) is 12.5. The number of nitrogens with one attached hydrogen (secondary N) is 1. The minimum Gasteiger partial charge on any atom is -0.359 e. The summed E-state index contributed by atoms with van der Waals surface area (Å²) in [5, 5.41) is 2.70. The highest BCUT2D eigenvalue weighted by Crippen LogP contribution is 2.38. The van der Waals surface area contributed by atoms with E-state index in [2.05, 4.69) is 5.32 Å². The molecule has 0 aromatic heterocycles. The number of nitrogens with two attached hydrogens (primary N) is 1. The van der Waals surface area contributed by atoms with Crippen LogP contribution in [0.2, 0.25) is 0 Å². The molecule has 2 amide bonds. The first kappa shape index (κ1) is 15.3. The molecule has 2 rings (SSSR count). The molecule has 0 unspecified atom stereocenters. The molecule has 20 heavy (non-hydrogen) atoms. The fraction of sp³-hybridized carbons (Fsp3) is 0.867. The van der Waals surface area contributed by atoms with Gasteiger partial charge in [-0.05, 0) is 25.7 Å². The normalized spacial score (nSPS) is 23.4. The molecule has 1 heterocycles. The molecule has 5 nitrogen and oxygen atoms in total. The Hall–Kier alpha value is -1.10. The Morgan fingerprint density at radius 3 is 2.30 bits per heavy atom. The van der Waals surface area contributed by atoms with E-state index in [1.54, 1.807) is 7.05 Å². The van der Waals surface area contributed by atoms with Gasteiger partial charge in [0.25, 0.3) is 0 Å². The average molecular weight is 281 g/mol. The zero-order valence-electron chi connectivity index (χ0n) is 12.5. The molecule has 2 fully saturated rings. The van der Waals surface area contributed by atoms with Crippen LogP contribution in [0.25, 0.3) is 0 Å². The number of carbonyl (C=O) groups is 2. The molecule has 3 N–H and O–H groups in total. The maximum absolute atomic E-state index is 12.8. The van der Waals surface area contributed by atoms with E-state index in [0.717, 1.165) is 38.5 Å². The number of hydrogen-bond donors (Lipinski definition) is 2. The molecule has 2 aliphatic rings. The monoisotopic (exact) mass is 281 g/mol. The van der Waals surface area contributed by atoms with Gasteiger partial charge in [0.1, 0.15) is 0 Å². The van der Waals surface area contributed by atoms with E-state index in [1.165, 1.54) is 6.42 Å². The van der Waals surface area contributed by atoms with Crippen molar-refractivity contribution in [2.45, 2.75) is 44.9 Å². The van der Waals surface area contributed by atoms with Crippen molar-refractivity contribution in [3.05, 3.63) is 0 Å². The van der Waals surface area contributed by atoms with Crippen LogP contribution in [0.4, 0.5) is 0 Å². The molecular formula is C15H27N3O2. The van der Waals surface area contributed by atoms with Crippen LogP contribution in [0.1, 0.15) is 44.9 Å². The summed E-state index contributed by atoms with van der Waals surface area (Å²) in [6, 6.07) is 0. The maximum Gasteiger partial charge on any atom is 0.230 e. The highest BCUT2D eigenvalue weighted by atomic mass is 16.2. The van der Waals surface area contributed by atoms with Crippen molar-refractivity contribution in [2.75, 3.05) is 26.7 Å². The molecule has 1 saturated heterocycles. The molecule has 5 heteroatoms. The number of hydrogen-bond acceptors (Lipinski definition) is 3. The lowest BCUT2D eigenvalue weighted by Gasteiger charge is -2.41. The molecule has 114 valence electrons. The van der Waals surface area contributed by atoms with E-state index in [0.29, 0.717) is 19.6 Å². The fourth-order valence-corrected chi connectivity index (χ4v) is 3.62. The van der Waals surface area contributed by atoms with Crippen LogP contribution in [0.15, 0.2) is 0 Å². The van der Waals surface area contributed by atoms with Crippen LogP contribution >= 0.6 is 0 Å². The van der Waals surface area contributed by atoms with Gasteiger partial charge in [0.15, 0.2) is 0 Å². The van der Waals surface area contributed by atoms with Crippen molar-refractivity contribution in [3.8, 4) is 0 Å². The van der Waals surface area contributed by atoms with E-state index >= 15 is 0 Å². The predicted octanol–water partition coefficient (Wildman–Crippen LogP) is 0.880. The van der Waals surface area contributed by atoms with Gasteiger partial charge >= 0.3 is 0 Å². The number of nitrogens with zero attached hydrogens (tertiary/aromatic N) is 1. The first-order chi connectivity index (χ1) is 9.63. The molecule has 0 spiro atoms. The summed E-state index contributed by atoms with van der Waals surface area (Å²) in [4.78, 5) is 26.4. The minimum atomic E-state index is -0.321. The largest absolute Gasteiger partial charge is 0.359 e. The van der Waals surface area contributed by atoms with E-state index in [1.807, 2.05) is 4.90 Å². The molecular weight excluding hydrogens is 254 g/mol. The quantitative estimate of drug-likeness (QED) is 0.806. The van der Waals surface area contributed by atoms with Gasteiger partial charge in [0, 0.05) is 32.6 Å². The first-order valence-electron chi connectivity index (χ1n) is 7.84. The average Bonchev–Trinajstić information content (AvgIpc) is 2.54. The Morgan fingerprint density at radius 2 is 1.80 bits per heavy atom. The summed E-state index contributed by atoms with van der Waals surface area (Å²) in [6.45, 7) is 1.85. The number of rotatable bonds is 3. The van der Waals surface area contributed by atoms with E-state index in [-0.39, 0.29) is 23.1 Å². The van der Waals surface area contributed by atoms with Crippen molar-refractivity contribution in [2.24, 2.45) is 17.1 Å². The highest BCUT2D eigenvalue weighted by molar-refractivity contribution is 5.84. The summed E-state index contributed by atoms with van der Waals surface area (Å²) in [7, 11) is 1.67. The number of likely N-dealkylation sites (tertiary alicyclic amines) is 1. The highest BCUT2D eigenvalue weighted by Gasteiger charge is 2.41. The third-order valence-corrected chi connectivity index (χ3v) is 5.05. The van der Waals surface area contributed by atoms with Crippen molar-refractivity contribution in [1.29, 1.82) is 0 Å². The van der Waals surface area contributed by atoms with Gasteiger partial charge in [-0.25, -0.2) is 0 Å². The standard InChI is InChI=1S/C15H27N3O2/c1-17-13(19)12-5-9-18(10-6-12)14(20)15(11-16)7-3-2-4-8-15/h12H,2-11,16H2,1H3,(H,17,19). The van der Waals surface area contributed by atoms with Crippen LogP contribution in [0.3, 0.4) is 0 Å².